The van der Waals surface area contributed by atoms with Crippen molar-refractivity contribution in [3.8, 4) is 0 Å². The molecule has 0 aliphatic heterocycles. The summed E-state index contributed by atoms with van der Waals surface area (Å²) >= 11 is 0. The van der Waals surface area contributed by atoms with Crippen molar-refractivity contribution in [3.05, 3.63) is 11.1 Å². The maximum atomic E-state index is 11.1. The number of allylic oxidation sites excluding steroid dienone is 2. The van der Waals surface area contributed by atoms with Crippen molar-refractivity contribution in [2.24, 2.45) is 0 Å². The number of carbonyl (C=O) groups excluding carboxylic acids is 1. The van der Waals surface area contributed by atoms with Crippen molar-refractivity contribution < 1.29 is 9.53 Å². The van der Waals surface area contributed by atoms with E-state index in [0.717, 1.165) is 25.7 Å². The first-order valence-electron chi connectivity index (χ1n) is 5.98. The van der Waals surface area contributed by atoms with Gasteiger partial charge in [-0.3, -0.25) is 4.79 Å². The third kappa shape index (κ3) is 6.32. The first kappa shape index (κ1) is 14.2. The number of hydrogen-bond donors (Lipinski definition) is 0. The van der Waals surface area contributed by atoms with Gasteiger partial charge < -0.3 is 4.74 Å². The van der Waals surface area contributed by atoms with Crippen LogP contribution in [0.25, 0.3) is 0 Å². The second-order valence-electron chi connectivity index (χ2n) is 3.75. The third-order valence-corrected chi connectivity index (χ3v) is 2.73. The average Bonchev–Trinajstić information content (AvgIpc) is 2.24. The summed E-state index contributed by atoms with van der Waals surface area (Å²) in [5.41, 5.74) is 2.98. The van der Waals surface area contributed by atoms with Crippen molar-refractivity contribution in [1.82, 2.24) is 0 Å². The smallest absolute Gasteiger partial charge is 0.305 e. The molecule has 15 heavy (non-hydrogen) atoms. The summed E-state index contributed by atoms with van der Waals surface area (Å²) in [6.07, 6.45) is 4.72. The van der Waals surface area contributed by atoms with Crippen LogP contribution in [-0.4, -0.2) is 12.6 Å². The van der Waals surface area contributed by atoms with Crippen molar-refractivity contribution in [3.63, 3.8) is 0 Å². The zero-order chi connectivity index (χ0) is 11.7. The van der Waals surface area contributed by atoms with Gasteiger partial charge in [0.05, 0.1) is 6.61 Å². The van der Waals surface area contributed by atoms with Crippen molar-refractivity contribution in [2.45, 2.75) is 59.8 Å². The predicted octanol–water partition coefficient (Wildman–Crippen LogP) is 3.86. The third-order valence-electron chi connectivity index (χ3n) is 2.73. The van der Waals surface area contributed by atoms with Crippen LogP contribution in [0.2, 0.25) is 0 Å². The number of rotatable bonds is 7. The summed E-state index contributed by atoms with van der Waals surface area (Å²) in [4.78, 5) is 11.1. The summed E-state index contributed by atoms with van der Waals surface area (Å²) in [7, 11) is 0. The SMILES string of the molecule is CCOC(=O)CCC/C(CC)=C(\C)CC. The van der Waals surface area contributed by atoms with Gasteiger partial charge >= 0.3 is 5.97 Å². The van der Waals surface area contributed by atoms with Crippen LogP contribution >= 0.6 is 0 Å². The van der Waals surface area contributed by atoms with Crippen molar-refractivity contribution >= 4 is 5.97 Å². The molecular formula is C13H24O2. The Balaban J connectivity index is 3.88. The van der Waals surface area contributed by atoms with Gasteiger partial charge in [0.15, 0.2) is 0 Å². The van der Waals surface area contributed by atoms with Gasteiger partial charge in [-0.2, -0.15) is 0 Å². The van der Waals surface area contributed by atoms with E-state index in [1.54, 1.807) is 0 Å². The lowest BCUT2D eigenvalue weighted by Crippen LogP contribution is -2.03. The van der Waals surface area contributed by atoms with Crippen LogP contribution in [0.4, 0.5) is 0 Å². The molecule has 0 fully saturated rings. The van der Waals surface area contributed by atoms with Gasteiger partial charge in [0, 0.05) is 6.42 Å². The second kappa shape index (κ2) is 8.51. The van der Waals surface area contributed by atoms with Crippen molar-refractivity contribution in [2.75, 3.05) is 6.61 Å². The first-order valence-corrected chi connectivity index (χ1v) is 5.98. The van der Waals surface area contributed by atoms with E-state index in [1.165, 1.54) is 11.1 Å². The van der Waals surface area contributed by atoms with Crippen LogP contribution < -0.4 is 0 Å². The van der Waals surface area contributed by atoms with E-state index in [0.29, 0.717) is 13.0 Å². The zero-order valence-electron chi connectivity index (χ0n) is 10.6. The first-order chi connectivity index (χ1) is 7.15. The molecule has 0 aromatic heterocycles. The molecule has 2 heteroatoms. The molecule has 0 aromatic carbocycles. The average molecular weight is 212 g/mol. The highest BCUT2D eigenvalue weighted by molar-refractivity contribution is 5.69. The Morgan fingerprint density at radius 1 is 1.07 bits per heavy atom. The lowest BCUT2D eigenvalue weighted by molar-refractivity contribution is -0.143. The van der Waals surface area contributed by atoms with E-state index in [2.05, 4.69) is 20.8 Å². The minimum absolute atomic E-state index is 0.0675. The summed E-state index contributed by atoms with van der Waals surface area (Å²) in [5.74, 6) is -0.0675. The Hall–Kier alpha value is -0.790. The predicted molar refractivity (Wildman–Crippen MR) is 63.8 cm³/mol. The quantitative estimate of drug-likeness (QED) is 0.473. The minimum atomic E-state index is -0.0675. The Morgan fingerprint density at radius 2 is 1.73 bits per heavy atom. The topological polar surface area (TPSA) is 26.3 Å². The maximum Gasteiger partial charge on any atom is 0.305 e. The van der Waals surface area contributed by atoms with Crippen LogP contribution in [0.1, 0.15) is 59.8 Å². The molecule has 0 aliphatic carbocycles. The molecule has 0 saturated carbocycles. The maximum absolute atomic E-state index is 11.1. The Bertz CT molecular complexity index is 217. The van der Waals surface area contributed by atoms with E-state index in [4.69, 9.17) is 4.74 Å². The summed E-state index contributed by atoms with van der Waals surface area (Å²) in [5, 5.41) is 0. The molecule has 0 bridgehead atoms. The fourth-order valence-corrected chi connectivity index (χ4v) is 1.62. The molecule has 0 aromatic rings. The van der Waals surface area contributed by atoms with E-state index < -0.39 is 0 Å². The van der Waals surface area contributed by atoms with E-state index in [-0.39, 0.29) is 5.97 Å². The Morgan fingerprint density at radius 3 is 2.20 bits per heavy atom. The molecule has 0 heterocycles. The minimum Gasteiger partial charge on any atom is -0.466 e. The molecular weight excluding hydrogens is 188 g/mol. The highest BCUT2D eigenvalue weighted by atomic mass is 16.5. The van der Waals surface area contributed by atoms with Crippen LogP contribution in [-0.2, 0) is 9.53 Å². The molecule has 0 saturated heterocycles. The van der Waals surface area contributed by atoms with Gasteiger partial charge in [0.1, 0.15) is 0 Å². The summed E-state index contributed by atoms with van der Waals surface area (Å²) < 4.78 is 4.89. The lowest BCUT2D eigenvalue weighted by atomic mass is 9.99. The van der Waals surface area contributed by atoms with Gasteiger partial charge in [0.25, 0.3) is 0 Å². The fourth-order valence-electron chi connectivity index (χ4n) is 1.62. The fraction of sp³-hybridized carbons (Fsp3) is 0.769. The van der Waals surface area contributed by atoms with Gasteiger partial charge in [0.2, 0.25) is 0 Å². The van der Waals surface area contributed by atoms with Gasteiger partial charge in [-0.15, -0.1) is 0 Å². The second-order valence-corrected chi connectivity index (χ2v) is 3.75. The normalized spacial score (nSPS) is 12.3. The number of hydrogen-bond acceptors (Lipinski definition) is 2. The number of esters is 1. The summed E-state index contributed by atoms with van der Waals surface area (Å²) in [6, 6.07) is 0. The summed E-state index contributed by atoms with van der Waals surface area (Å²) in [6.45, 7) is 8.87. The molecule has 0 N–H and O–H groups in total. The van der Waals surface area contributed by atoms with Gasteiger partial charge in [-0.05, 0) is 39.5 Å². The van der Waals surface area contributed by atoms with E-state index >= 15 is 0 Å². The largest absolute Gasteiger partial charge is 0.466 e. The standard InChI is InChI=1S/C13H24O2/c1-5-11(4)12(6-2)9-8-10-13(14)15-7-3/h5-10H2,1-4H3/b12-11+. The number of carbonyl (C=O) groups is 1. The van der Waals surface area contributed by atoms with Crippen LogP contribution in [0.3, 0.4) is 0 Å². The molecule has 0 amide bonds. The molecule has 0 atom stereocenters. The van der Waals surface area contributed by atoms with Gasteiger partial charge in [-0.1, -0.05) is 25.0 Å². The highest BCUT2D eigenvalue weighted by Gasteiger charge is 2.04. The molecule has 88 valence electrons. The highest BCUT2D eigenvalue weighted by Crippen LogP contribution is 2.18. The molecule has 0 radical (unpaired) electrons. The van der Waals surface area contributed by atoms with Crippen LogP contribution in [0.15, 0.2) is 11.1 Å². The molecule has 0 spiro atoms. The van der Waals surface area contributed by atoms with E-state index in [1.807, 2.05) is 6.92 Å². The Labute approximate surface area is 93.7 Å². The van der Waals surface area contributed by atoms with Crippen LogP contribution in [0.5, 0.6) is 0 Å². The molecule has 0 rings (SSSR count). The monoisotopic (exact) mass is 212 g/mol. The van der Waals surface area contributed by atoms with Crippen molar-refractivity contribution in [1.29, 1.82) is 0 Å². The molecule has 0 aliphatic rings. The van der Waals surface area contributed by atoms with E-state index in [9.17, 15) is 4.79 Å². The van der Waals surface area contributed by atoms with Gasteiger partial charge in [-0.25, -0.2) is 0 Å². The van der Waals surface area contributed by atoms with Crippen LogP contribution in [0, 0.1) is 0 Å². The molecule has 2 nitrogen and oxygen atoms in total. The Kier molecular flexibility index (Phi) is 8.06. The lowest BCUT2D eigenvalue weighted by Gasteiger charge is -2.08. The zero-order valence-corrected chi connectivity index (χ0v) is 10.6. The molecule has 0 unspecified atom stereocenters. The number of ether oxygens (including phenoxy) is 1.